The fourth-order valence-electron chi connectivity index (χ4n) is 1.86. The van der Waals surface area contributed by atoms with Crippen molar-refractivity contribution in [2.75, 3.05) is 5.73 Å². The monoisotopic (exact) mass is 326 g/mol. The van der Waals surface area contributed by atoms with Gasteiger partial charge in [-0.2, -0.15) is 0 Å². The third-order valence-electron chi connectivity index (χ3n) is 2.82. The number of halogens is 1. The first-order chi connectivity index (χ1) is 9.75. The Labute approximate surface area is 124 Å². The van der Waals surface area contributed by atoms with Crippen molar-refractivity contribution in [3.05, 3.63) is 59.2 Å². The lowest BCUT2D eigenvalue weighted by atomic mass is 10.1. The maximum atomic E-state index is 5.97. The molecule has 3 rings (SSSR count). The van der Waals surface area contributed by atoms with Crippen LogP contribution < -0.4 is 5.73 Å². The van der Waals surface area contributed by atoms with Crippen molar-refractivity contribution < 1.29 is 0 Å². The molecule has 0 amide bonds. The Kier molecular flexibility index (Phi) is 3.43. The Morgan fingerprint density at radius 3 is 2.35 bits per heavy atom. The lowest BCUT2D eigenvalue weighted by Gasteiger charge is -2.08. The Hall–Kier alpha value is -2.27. The number of hydrogen-bond donors (Lipinski definition) is 1. The second kappa shape index (κ2) is 5.38. The molecule has 2 N–H and O–H groups in total. The van der Waals surface area contributed by atoms with Crippen molar-refractivity contribution in [3.63, 3.8) is 0 Å². The van der Waals surface area contributed by atoms with Crippen LogP contribution in [-0.2, 0) is 0 Å². The molecule has 0 radical (unpaired) electrons. The predicted molar refractivity (Wildman–Crippen MR) is 82.8 cm³/mol. The fraction of sp³-hybridized carbons (Fsp3) is 0. The number of nitrogen functional groups attached to an aromatic ring is 1. The Morgan fingerprint density at radius 2 is 1.65 bits per heavy atom. The smallest absolute Gasteiger partial charge is 0.180 e. The number of pyridine rings is 1. The number of anilines is 1. The molecule has 4 nitrogen and oxygen atoms in total. The third kappa shape index (κ3) is 2.40. The molecule has 0 saturated heterocycles. The molecule has 0 saturated carbocycles. The minimum absolute atomic E-state index is 0.402. The maximum Gasteiger partial charge on any atom is 0.180 e. The van der Waals surface area contributed by atoms with Crippen LogP contribution >= 0.6 is 15.9 Å². The van der Waals surface area contributed by atoms with E-state index in [1.54, 1.807) is 6.20 Å². The van der Waals surface area contributed by atoms with Crippen molar-refractivity contribution in [1.29, 1.82) is 0 Å². The first-order valence-electron chi connectivity index (χ1n) is 6.05. The van der Waals surface area contributed by atoms with Crippen LogP contribution in [-0.4, -0.2) is 15.0 Å². The molecule has 0 atom stereocenters. The van der Waals surface area contributed by atoms with Gasteiger partial charge in [-0.15, -0.1) is 0 Å². The van der Waals surface area contributed by atoms with Crippen LogP contribution in [0.1, 0.15) is 0 Å². The SMILES string of the molecule is Nc1nc(-c2ccccn2)nc(-c2ccccc2)c1Br. The van der Waals surface area contributed by atoms with E-state index < -0.39 is 0 Å². The molecule has 2 heterocycles. The summed E-state index contributed by atoms with van der Waals surface area (Å²) in [7, 11) is 0. The number of rotatable bonds is 2. The number of nitrogens with two attached hydrogens (primary N) is 1. The van der Waals surface area contributed by atoms with Crippen LogP contribution in [0.5, 0.6) is 0 Å². The summed E-state index contributed by atoms with van der Waals surface area (Å²) in [4.78, 5) is 13.1. The van der Waals surface area contributed by atoms with Crippen LogP contribution in [0.3, 0.4) is 0 Å². The number of aromatic nitrogens is 3. The molecule has 5 heteroatoms. The molecule has 98 valence electrons. The highest BCUT2D eigenvalue weighted by Gasteiger charge is 2.13. The quantitative estimate of drug-likeness (QED) is 0.782. The van der Waals surface area contributed by atoms with E-state index in [0.717, 1.165) is 11.3 Å². The van der Waals surface area contributed by atoms with Crippen molar-refractivity contribution in [1.82, 2.24) is 15.0 Å². The van der Waals surface area contributed by atoms with Gasteiger partial charge in [0.1, 0.15) is 11.5 Å². The largest absolute Gasteiger partial charge is 0.383 e. The van der Waals surface area contributed by atoms with E-state index in [4.69, 9.17) is 5.73 Å². The zero-order valence-electron chi connectivity index (χ0n) is 10.5. The molecule has 0 bridgehead atoms. The molecule has 0 aliphatic carbocycles. The zero-order chi connectivity index (χ0) is 13.9. The van der Waals surface area contributed by atoms with Crippen LogP contribution in [0.15, 0.2) is 59.2 Å². The van der Waals surface area contributed by atoms with E-state index in [1.807, 2.05) is 48.5 Å². The molecular weight excluding hydrogens is 316 g/mol. The Balaban J connectivity index is 2.19. The van der Waals surface area contributed by atoms with E-state index in [1.165, 1.54) is 0 Å². The van der Waals surface area contributed by atoms with E-state index in [2.05, 4.69) is 30.9 Å². The van der Waals surface area contributed by atoms with Gasteiger partial charge in [-0.25, -0.2) is 9.97 Å². The molecule has 0 spiro atoms. The standard InChI is InChI=1S/C15H11BrN4/c16-12-13(10-6-2-1-3-7-10)19-15(20-14(12)17)11-8-4-5-9-18-11/h1-9H,(H2,17,19,20). The van der Waals surface area contributed by atoms with Crippen molar-refractivity contribution in [2.45, 2.75) is 0 Å². The summed E-state index contributed by atoms with van der Waals surface area (Å²) in [6.45, 7) is 0. The molecule has 0 fully saturated rings. The van der Waals surface area contributed by atoms with Gasteiger partial charge < -0.3 is 5.73 Å². The molecule has 0 unspecified atom stereocenters. The summed E-state index contributed by atoms with van der Waals surface area (Å²) < 4.78 is 0.698. The van der Waals surface area contributed by atoms with Gasteiger partial charge >= 0.3 is 0 Å². The van der Waals surface area contributed by atoms with Gasteiger partial charge in [-0.3, -0.25) is 4.98 Å². The van der Waals surface area contributed by atoms with E-state index in [0.29, 0.717) is 21.8 Å². The minimum atomic E-state index is 0.402. The highest BCUT2D eigenvalue weighted by Crippen LogP contribution is 2.31. The molecule has 0 aliphatic rings. The topological polar surface area (TPSA) is 64.7 Å². The molecule has 2 aromatic heterocycles. The Bertz CT molecular complexity index is 730. The predicted octanol–water partition coefficient (Wildman–Crippen LogP) is 3.55. The fourth-order valence-corrected chi connectivity index (χ4v) is 2.27. The van der Waals surface area contributed by atoms with Gasteiger partial charge in [0.05, 0.1) is 10.2 Å². The summed E-state index contributed by atoms with van der Waals surface area (Å²) in [5, 5.41) is 0. The summed E-state index contributed by atoms with van der Waals surface area (Å²) in [5.74, 6) is 0.921. The average molecular weight is 327 g/mol. The second-order valence-electron chi connectivity index (χ2n) is 4.18. The van der Waals surface area contributed by atoms with E-state index >= 15 is 0 Å². The van der Waals surface area contributed by atoms with Crippen LogP contribution in [0.25, 0.3) is 22.8 Å². The highest BCUT2D eigenvalue weighted by atomic mass is 79.9. The van der Waals surface area contributed by atoms with Gasteiger partial charge in [0.25, 0.3) is 0 Å². The lowest BCUT2D eigenvalue weighted by molar-refractivity contribution is 1.14. The second-order valence-corrected chi connectivity index (χ2v) is 4.97. The maximum absolute atomic E-state index is 5.97. The summed E-state index contributed by atoms with van der Waals surface area (Å²) >= 11 is 3.45. The van der Waals surface area contributed by atoms with Gasteiger partial charge in [-0.1, -0.05) is 36.4 Å². The number of nitrogens with zero attached hydrogens (tertiary/aromatic N) is 3. The van der Waals surface area contributed by atoms with Gasteiger partial charge in [0.2, 0.25) is 0 Å². The minimum Gasteiger partial charge on any atom is -0.383 e. The first kappa shape index (κ1) is 12.7. The number of hydrogen-bond acceptors (Lipinski definition) is 4. The summed E-state index contributed by atoms with van der Waals surface area (Å²) in [6, 6.07) is 15.4. The van der Waals surface area contributed by atoms with Crippen molar-refractivity contribution in [2.24, 2.45) is 0 Å². The third-order valence-corrected chi connectivity index (χ3v) is 3.60. The zero-order valence-corrected chi connectivity index (χ0v) is 12.1. The highest BCUT2D eigenvalue weighted by molar-refractivity contribution is 9.10. The normalized spacial score (nSPS) is 10.4. The van der Waals surface area contributed by atoms with Crippen molar-refractivity contribution >= 4 is 21.7 Å². The van der Waals surface area contributed by atoms with Crippen molar-refractivity contribution in [3.8, 4) is 22.8 Å². The molecule has 1 aromatic carbocycles. The summed E-state index contributed by atoms with van der Waals surface area (Å²) in [6.07, 6.45) is 1.71. The Morgan fingerprint density at radius 1 is 0.900 bits per heavy atom. The van der Waals surface area contributed by atoms with Gasteiger partial charge in [0, 0.05) is 11.8 Å². The van der Waals surface area contributed by atoms with Crippen LogP contribution in [0, 0.1) is 0 Å². The summed E-state index contributed by atoms with van der Waals surface area (Å²) in [5.41, 5.74) is 8.41. The molecule has 20 heavy (non-hydrogen) atoms. The van der Waals surface area contributed by atoms with Crippen LogP contribution in [0.2, 0.25) is 0 Å². The average Bonchev–Trinajstić information content (AvgIpc) is 2.51. The molecular formula is C15H11BrN4. The van der Waals surface area contributed by atoms with E-state index in [-0.39, 0.29) is 0 Å². The number of benzene rings is 1. The molecule has 0 aliphatic heterocycles. The van der Waals surface area contributed by atoms with Crippen LogP contribution in [0.4, 0.5) is 5.82 Å². The van der Waals surface area contributed by atoms with E-state index in [9.17, 15) is 0 Å². The first-order valence-corrected chi connectivity index (χ1v) is 6.85. The van der Waals surface area contributed by atoms with Gasteiger partial charge in [-0.05, 0) is 28.1 Å². The molecule has 3 aromatic rings. The lowest BCUT2D eigenvalue weighted by Crippen LogP contribution is -2.01. The van der Waals surface area contributed by atoms with Gasteiger partial charge in [0.15, 0.2) is 5.82 Å².